The van der Waals surface area contributed by atoms with Crippen LogP contribution in [0.1, 0.15) is 54.6 Å². The van der Waals surface area contributed by atoms with E-state index in [1.165, 1.54) is 45.3 Å². The van der Waals surface area contributed by atoms with Gasteiger partial charge in [-0.3, -0.25) is 0 Å². The first-order valence-corrected chi connectivity index (χ1v) is 12.4. The summed E-state index contributed by atoms with van der Waals surface area (Å²) in [4.78, 5) is 5.02. The van der Waals surface area contributed by atoms with Crippen molar-refractivity contribution < 1.29 is 13.2 Å². The van der Waals surface area contributed by atoms with Crippen LogP contribution in [0.2, 0.25) is 0 Å². The maximum absolute atomic E-state index is 13.4. The molecule has 36 heavy (non-hydrogen) atoms. The van der Waals surface area contributed by atoms with E-state index in [-0.39, 0.29) is 24.0 Å². The SMILES string of the molecule is Cc1c(C(C)Nc2nnc(C)c3ccc(N4CCC(N5CCC5)CC4)cc23)cccc1C(F)(F)F.Cl. The van der Waals surface area contributed by atoms with E-state index < -0.39 is 11.7 Å². The van der Waals surface area contributed by atoms with Gasteiger partial charge in [-0.25, -0.2) is 0 Å². The lowest BCUT2D eigenvalue weighted by molar-refractivity contribution is -0.138. The number of halogens is 4. The molecule has 1 aromatic heterocycles. The van der Waals surface area contributed by atoms with Gasteiger partial charge >= 0.3 is 6.18 Å². The third kappa shape index (κ3) is 5.11. The van der Waals surface area contributed by atoms with Gasteiger partial charge in [-0.1, -0.05) is 18.2 Å². The summed E-state index contributed by atoms with van der Waals surface area (Å²) in [5.74, 6) is 0.590. The molecule has 194 valence electrons. The number of aryl methyl sites for hydroxylation is 1. The Morgan fingerprint density at radius 2 is 1.69 bits per heavy atom. The molecule has 2 fully saturated rings. The molecule has 2 saturated heterocycles. The number of benzene rings is 2. The van der Waals surface area contributed by atoms with Gasteiger partial charge in [0.1, 0.15) is 0 Å². The Kier molecular flexibility index (Phi) is 7.67. The van der Waals surface area contributed by atoms with Crippen molar-refractivity contribution in [2.45, 2.75) is 58.3 Å². The molecule has 3 aromatic rings. The zero-order chi connectivity index (χ0) is 24.7. The number of nitrogens with one attached hydrogen (secondary N) is 1. The fourth-order valence-corrected chi connectivity index (χ4v) is 5.49. The first kappa shape index (κ1) is 26.5. The maximum atomic E-state index is 13.4. The number of nitrogens with zero attached hydrogens (tertiary/aromatic N) is 4. The first-order chi connectivity index (χ1) is 16.7. The highest BCUT2D eigenvalue weighted by molar-refractivity contribution is 5.95. The number of hydrogen-bond donors (Lipinski definition) is 1. The first-order valence-electron chi connectivity index (χ1n) is 12.4. The Labute approximate surface area is 216 Å². The van der Waals surface area contributed by atoms with Gasteiger partial charge in [-0.2, -0.15) is 18.3 Å². The van der Waals surface area contributed by atoms with E-state index in [9.17, 15) is 13.2 Å². The number of alkyl halides is 3. The summed E-state index contributed by atoms with van der Waals surface area (Å²) in [7, 11) is 0. The monoisotopic (exact) mass is 519 g/mol. The summed E-state index contributed by atoms with van der Waals surface area (Å²) in [5.41, 5.74) is 2.21. The highest BCUT2D eigenvalue weighted by Gasteiger charge is 2.33. The lowest BCUT2D eigenvalue weighted by Gasteiger charge is -2.43. The van der Waals surface area contributed by atoms with Gasteiger partial charge in [-0.15, -0.1) is 17.5 Å². The molecule has 0 saturated carbocycles. The van der Waals surface area contributed by atoms with E-state index in [0.717, 1.165) is 41.3 Å². The number of piperidine rings is 1. The van der Waals surface area contributed by atoms with Crippen LogP contribution in [0.25, 0.3) is 10.8 Å². The van der Waals surface area contributed by atoms with Gasteiger partial charge < -0.3 is 15.1 Å². The number of likely N-dealkylation sites (tertiary alicyclic amines) is 1. The van der Waals surface area contributed by atoms with Crippen molar-refractivity contribution in [2.75, 3.05) is 36.4 Å². The molecular formula is C27H33ClF3N5. The van der Waals surface area contributed by atoms with Crippen molar-refractivity contribution in [3.05, 3.63) is 58.8 Å². The zero-order valence-electron chi connectivity index (χ0n) is 20.9. The van der Waals surface area contributed by atoms with Crippen LogP contribution in [0.15, 0.2) is 36.4 Å². The van der Waals surface area contributed by atoms with Crippen LogP contribution in [0, 0.1) is 13.8 Å². The van der Waals surface area contributed by atoms with Crippen LogP contribution in [-0.2, 0) is 6.18 Å². The molecule has 1 atom stereocenters. The molecule has 2 aliphatic heterocycles. The van der Waals surface area contributed by atoms with Crippen LogP contribution < -0.4 is 10.2 Å². The Morgan fingerprint density at radius 1 is 0.972 bits per heavy atom. The van der Waals surface area contributed by atoms with Crippen molar-refractivity contribution in [1.82, 2.24) is 15.1 Å². The van der Waals surface area contributed by atoms with Gasteiger partial charge in [0.25, 0.3) is 0 Å². The second-order valence-electron chi connectivity index (χ2n) is 9.86. The van der Waals surface area contributed by atoms with Crippen LogP contribution in [0.3, 0.4) is 0 Å². The van der Waals surface area contributed by atoms with Crippen molar-refractivity contribution in [3.8, 4) is 0 Å². The van der Waals surface area contributed by atoms with Gasteiger partial charge in [0.15, 0.2) is 5.82 Å². The van der Waals surface area contributed by atoms with Crippen LogP contribution >= 0.6 is 12.4 Å². The normalized spacial score (nSPS) is 18.0. The fraction of sp³-hybridized carbons (Fsp3) is 0.481. The van der Waals surface area contributed by atoms with E-state index in [4.69, 9.17) is 0 Å². The predicted octanol–water partition coefficient (Wildman–Crippen LogP) is 6.53. The zero-order valence-corrected chi connectivity index (χ0v) is 21.7. The molecule has 0 amide bonds. The molecule has 0 aliphatic carbocycles. The predicted molar refractivity (Wildman–Crippen MR) is 141 cm³/mol. The third-order valence-corrected chi connectivity index (χ3v) is 7.69. The molecule has 9 heteroatoms. The summed E-state index contributed by atoms with van der Waals surface area (Å²) in [6.45, 7) is 9.82. The van der Waals surface area contributed by atoms with E-state index >= 15 is 0 Å². The highest BCUT2D eigenvalue weighted by atomic mass is 35.5. The van der Waals surface area contributed by atoms with Gasteiger partial charge in [0.05, 0.1) is 17.3 Å². The Hall–Kier alpha value is -2.58. The average Bonchev–Trinajstić information content (AvgIpc) is 2.79. The molecule has 2 aromatic carbocycles. The van der Waals surface area contributed by atoms with Gasteiger partial charge in [-0.05, 0) is 82.4 Å². The molecular weight excluding hydrogens is 487 g/mol. The Balaban J connectivity index is 0.00000304. The molecule has 1 N–H and O–H groups in total. The van der Waals surface area contributed by atoms with Crippen LogP contribution in [0.4, 0.5) is 24.7 Å². The van der Waals surface area contributed by atoms with Crippen LogP contribution in [-0.4, -0.2) is 47.3 Å². The molecule has 0 bridgehead atoms. The van der Waals surface area contributed by atoms with Crippen LogP contribution in [0.5, 0.6) is 0 Å². The highest BCUT2D eigenvalue weighted by Crippen LogP contribution is 2.36. The average molecular weight is 520 g/mol. The van der Waals surface area contributed by atoms with Crippen molar-refractivity contribution in [1.29, 1.82) is 0 Å². The molecule has 0 spiro atoms. The van der Waals surface area contributed by atoms with E-state index in [1.54, 1.807) is 6.07 Å². The summed E-state index contributed by atoms with van der Waals surface area (Å²) in [5, 5.41) is 14.0. The quantitative estimate of drug-likeness (QED) is 0.415. The van der Waals surface area contributed by atoms with E-state index in [0.29, 0.717) is 17.4 Å². The van der Waals surface area contributed by atoms with Crippen molar-refractivity contribution in [2.24, 2.45) is 0 Å². The molecule has 5 nitrogen and oxygen atoms in total. The lowest BCUT2D eigenvalue weighted by atomic mass is 9.97. The summed E-state index contributed by atoms with van der Waals surface area (Å²) >= 11 is 0. The van der Waals surface area contributed by atoms with E-state index in [1.807, 2.05) is 13.8 Å². The number of rotatable bonds is 5. The number of anilines is 2. The number of fused-ring (bicyclic) bond motifs is 1. The third-order valence-electron chi connectivity index (χ3n) is 7.69. The van der Waals surface area contributed by atoms with Crippen molar-refractivity contribution in [3.63, 3.8) is 0 Å². The second kappa shape index (κ2) is 10.4. The standard InChI is InChI=1S/C27H32F3N5.ClH/c1-17-22(6-4-7-25(17)27(28,29)30)18(2)31-26-24-16-21(8-9-23(24)19(3)32-33-26)35-14-10-20(11-15-35)34-12-5-13-34;/h4,6-9,16,18,20H,5,10-15H2,1-3H3,(H,31,33);1H. The number of hydrogen-bond acceptors (Lipinski definition) is 5. The summed E-state index contributed by atoms with van der Waals surface area (Å²) in [6.07, 6.45) is -0.723. The molecule has 2 aliphatic rings. The fourth-order valence-electron chi connectivity index (χ4n) is 5.49. The molecule has 5 rings (SSSR count). The van der Waals surface area contributed by atoms with E-state index in [2.05, 4.69) is 43.5 Å². The largest absolute Gasteiger partial charge is 0.416 e. The topological polar surface area (TPSA) is 44.3 Å². The Morgan fingerprint density at radius 3 is 2.33 bits per heavy atom. The molecule has 1 unspecified atom stereocenters. The Bertz CT molecular complexity index is 1220. The maximum Gasteiger partial charge on any atom is 0.416 e. The minimum atomic E-state index is -4.38. The smallest absolute Gasteiger partial charge is 0.371 e. The van der Waals surface area contributed by atoms with Crippen molar-refractivity contribution >= 4 is 34.7 Å². The summed E-state index contributed by atoms with van der Waals surface area (Å²) < 4.78 is 40.3. The minimum absolute atomic E-state index is 0. The second-order valence-corrected chi connectivity index (χ2v) is 9.86. The van der Waals surface area contributed by atoms with Gasteiger partial charge in [0.2, 0.25) is 0 Å². The molecule has 3 heterocycles. The molecule has 0 radical (unpaired) electrons. The van der Waals surface area contributed by atoms with Gasteiger partial charge in [0, 0.05) is 35.6 Å². The lowest BCUT2D eigenvalue weighted by Crippen LogP contribution is -2.50. The minimum Gasteiger partial charge on any atom is -0.371 e. The number of aromatic nitrogens is 2. The summed E-state index contributed by atoms with van der Waals surface area (Å²) in [6, 6.07) is 11.0.